The molecule has 0 fully saturated rings. The third kappa shape index (κ3) is 1.78. The molecule has 2 heterocycles. The lowest BCUT2D eigenvalue weighted by Gasteiger charge is -1.98. The zero-order valence-electron chi connectivity index (χ0n) is 9.78. The molecule has 0 radical (unpaired) electrons. The van der Waals surface area contributed by atoms with Crippen LogP contribution in [0.25, 0.3) is 16.2 Å². The van der Waals surface area contributed by atoms with E-state index in [0.717, 1.165) is 21.9 Å². The Bertz CT molecular complexity index is 685. The average molecular weight is 257 g/mol. The maximum Gasteiger partial charge on any atom is 0.194 e. The van der Waals surface area contributed by atoms with Gasteiger partial charge in [-0.05, 0) is 0 Å². The second kappa shape index (κ2) is 4.62. The third-order valence-electron chi connectivity index (χ3n) is 2.63. The Labute approximate surface area is 108 Å². The molecule has 2 aromatic heterocycles. The van der Waals surface area contributed by atoms with Crippen molar-refractivity contribution in [1.29, 1.82) is 0 Å². The first-order valence-electron chi connectivity index (χ1n) is 5.47. The van der Waals surface area contributed by atoms with Gasteiger partial charge >= 0.3 is 0 Å². The van der Waals surface area contributed by atoms with Crippen molar-refractivity contribution in [3.8, 4) is 11.3 Å². The minimum atomic E-state index is 0.920. The average Bonchev–Trinajstić information content (AvgIpc) is 2.98. The van der Waals surface area contributed by atoms with Gasteiger partial charge in [-0.15, -0.1) is 11.3 Å². The number of benzene rings is 1. The van der Waals surface area contributed by atoms with Gasteiger partial charge in [-0.3, -0.25) is 4.40 Å². The van der Waals surface area contributed by atoms with Crippen LogP contribution < -0.4 is 0 Å². The van der Waals surface area contributed by atoms with E-state index in [0.29, 0.717) is 0 Å². The molecule has 0 aliphatic rings. The van der Waals surface area contributed by atoms with Gasteiger partial charge in [-0.1, -0.05) is 35.5 Å². The van der Waals surface area contributed by atoms with E-state index in [2.05, 4.69) is 10.1 Å². The van der Waals surface area contributed by atoms with Crippen LogP contribution in [0.3, 0.4) is 0 Å². The van der Waals surface area contributed by atoms with Gasteiger partial charge < -0.3 is 4.84 Å². The van der Waals surface area contributed by atoms with Crippen molar-refractivity contribution in [1.82, 2.24) is 9.38 Å². The van der Waals surface area contributed by atoms with E-state index in [1.165, 1.54) is 7.11 Å². The molecule has 0 N–H and O–H groups in total. The molecule has 18 heavy (non-hydrogen) atoms. The van der Waals surface area contributed by atoms with Crippen LogP contribution in [0.5, 0.6) is 0 Å². The summed E-state index contributed by atoms with van der Waals surface area (Å²) in [5.74, 6) is 0. The summed E-state index contributed by atoms with van der Waals surface area (Å²) >= 11 is 1.60. The Balaban J connectivity index is 2.22. The molecule has 0 aliphatic heterocycles. The van der Waals surface area contributed by atoms with E-state index in [1.807, 2.05) is 46.3 Å². The maximum atomic E-state index is 4.76. The Hall–Kier alpha value is -2.14. The summed E-state index contributed by atoms with van der Waals surface area (Å²) in [4.78, 5) is 10.3. The zero-order valence-corrected chi connectivity index (χ0v) is 10.6. The van der Waals surface area contributed by atoms with E-state index in [9.17, 15) is 0 Å². The molecule has 0 saturated heterocycles. The normalized spacial score (nSPS) is 11.4. The van der Waals surface area contributed by atoms with Crippen molar-refractivity contribution in [2.24, 2.45) is 5.16 Å². The smallest absolute Gasteiger partial charge is 0.194 e. The van der Waals surface area contributed by atoms with Gasteiger partial charge in [0.05, 0.1) is 17.6 Å². The zero-order chi connectivity index (χ0) is 12.4. The molecule has 0 unspecified atom stereocenters. The van der Waals surface area contributed by atoms with Gasteiger partial charge in [0, 0.05) is 17.1 Å². The van der Waals surface area contributed by atoms with Gasteiger partial charge in [-0.2, -0.15) is 0 Å². The van der Waals surface area contributed by atoms with Crippen molar-refractivity contribution in [3.05, 3.63) is 47.6 Å². The summed E-state index contributed by atoms with van der Waals surface area (Å²) in [6.45, 7) is 0. The third-order valence-corrected chi connectivity index (χ3v) is 3.38. The Morgan fingerprint density at radius 1 is 1.33 bits per heavy atom. The van der Waals surface area contributed by atoms with Crippen molar-refractivity contribution >= 4 is 22.5 Å². The molecule has 90 valence electrons. The number of thiazole rings is 1. The molecule has 0 atom stereocenters. The highest BCUT2D eigenvalue weighted by atomic mass is 32.1. The number of rotatable bonds is 3. The highest BCUT2D eigenvalue weighted by molar-refractivity contribution is 7.15. The van der Waals surface area contributed by atoms with Gasteiger partial charge in [0.25, 0.3) is 0 Å². The van der Waals surface area contributed by atoms with Gasteiger partial charge in [0.1, 0.15) is 7.11 Å². The summed E-state index contributed by atoms with van der Waals surface area (Å²) in [6.07, 6.45) is 3.67. The van der Waals surface area contributed by atoms with Crippen molar-refractivity contribution in [3.63, 3.8) is 0 Å². The molecule has 0 bridgehead atoms. The molecule has 0 amide bonds. The van der Waals surface area contributed by atoms with Gasteiger partial charge in [-0.25, -0.2) is 4.98 Å². The topological polar surface area (TPSA) is 38.9 Å². The molecule has 5 heteroatoms. The number of imidazole rings is 1. The fourth-order valence-corrected chi connectivity index (χ4v) is 2.56. The lowest BCUT2D eigenvalue weighted by molar-refractivity contribution is 0.215. The molecule has 3 aromatic rings. The Kier molecular flexibility index (Phi) is 2.82. The van der Waals surface area contributed by atoms with Crippen LogP contribution >= 0.6 is 11.3 Å². The highest BCUT2D eigenvalue weighted by Gasteiger charge is 2.12. The summed E-state index contributed by atoms with van der Waals surface area (Å²) < 4.78 is 2.01. The predicted molar refractivity (Wildman–Crippen MR) is 73.1 cm³/mol. The first-order valence-corrected chi connectivity index (χ1v) is 6.35. The fraction of sp³-hybridized carbons (Fsp3) is 0.0769. The maximum absolute atomic E-state index is 4.76. The van der Waals surface area contributed by atoms with Crippen LogP contribution in [-0.4, -0.2) is 22.7 Å². The number of nitrogens with zero attached hydrogens (tertiary/aromatic N) is 3. The van der Waals surface area contributed by atoms with E-state index in [4.69, 9.17) is 4.84 Å². The van der Waals surface area contributed by atoms with Crippen molar-refractivity contribution < 1.29 is 4.84 Å². The summed E-state index contributed by atoms with van der Waals surface area (Å²) in [5.41, 5.74) is 2.92. The molecule has 1 aromatic carbocycles. The number of hydrogen-bond acceptors (Lipinski definition) is 4. The number of oxime groups is 1. The van der Waals surface area contributed by atoms with Crippen molar-refractivity contribution in [2.45, 2.75) is 0 Å². The van der Waals surface area contributed by atoms with E-state index < -0.39 is 0 Å². The Morgan fingerprint density at radius 3 is 2.94 bits per heavy atom. The summed E-state index contributed by atoms with van der Waals surface area (Å²) in [5, 5.41) is 5.85. The van der Waals surface area contributed by atoms with E-state index in [1.54, 1.807) is 17.6 Å². The lowest BCUT2D eigenvalue weighted by atomic mass is 10.1. The largest absolute Gasteiger partial charge is 0.399 e. The molecule has 3 rings (SSSR count). The lowest BCUT2D eigenvalue weighted by Crippen LogP contribution is -1.91. The highest BCUT2D eigenvalue weighted by Crippen LogP contribution is 2.25. The fourth-order valence-electron chi connectivity index (χ4n) is 1.84. The molecule has 0 spiro atoms. The second-order valence-corrected chi connectivity index (χ2v) is 4.56. The molecule has 4 nitrogen and oxygen atoms in total. The van der Waals surface area contributed by atoms with Crippen LogP contribution in [0.15, 0.2) is 47.1 Å². The first kappa shape index (κ1) is 11.0. The summed E-state index contributed by atoms with van der Waals surface area (Å²) in [7, 11) is 1.53. The predicted octanol–water partition coefficient (Wildman–Crippen LogP) is 3.04. The van der Waals surface area contributed by atoms with Crippen LogP contribution in [-0.2, 0) is 4.84 Å². The second-order valence-electron chi connectivity index (χ2n) is 3.68. The molecule has 0 aliphatic carbocycles. The van der Waals surface area contributed by atoms with Gasteiger partial charge in [0.2, 0.25) is 0 Å². The van der Waals surface area contributed by atoms with Crippen LogP contribution in [0, 0.1) is 0 Å². The quantitative estimate of drug-likeness (QED) is 0.534. The molecular weight excluding hydrogens is 246 g/mol. The number of fused-ring (bicyclic) bond motifs is 1. The first-order chi connectivity index (χ1) is 8.90. The standard InChI is InChI=1S/C13H11N3OS/c1-17-14-9-11-12(10-5-3-2-4-6-10)15-13-16(11)7-8-18-13/h2-9H,1H3/b14-9+. The van der Waals surface area contributed by atoms with Crippen molar-refractivity contribution in [2.75, 3.05) is 7.11 Å². The molecular formula is C13H11N3OS. The minimum absolute atomic E-state index is 0.920. The summed E-state index contributed by atoms with van der Waals surface area (Å²) in [6, 6.07) is 10.1. The monoisotopic (exact) mass is 257 g/mol. The van der Waals surface area contributed by atoms with E-state index in [-0.39, 0.29) is 0 Å². The number of hydrogen-bond donors (Lipinski definition) is 0. The minimum Gasteiger partial charge on any atom is -0.399 e. The van der Waals surface area contributed by atoms with Crippen LogP contribution in [0.1, 0.15) is 5.69 Å². The SMILES string of the molecule is CO/N=C/c1c(-c2ccccc2)nc2sccn12. The van der Waals surface area contributed by atoms with Crippen LogP contribution in [0.2, 0.25) is 0 Å². The Morgan fingerprint density at radius 2 is 2.17 bits per heavy atom. The van der Waals surface area contributed by atoms with Crippen LogP contribution in [0.4, 0.5) is 0 Å². The van der Waals surface area contributed by atoms with E-state index >= 15 is 0 Å². The number of aromatic nitrogens is 2. The molecule has 0 saturated carbocycles. The van der Waals surface area contributed by atoms with Gasteiger partial charge in [0.15, 0.2) is 4.96 Å².